The lowest BCUT2D eigenvalue weighted by Gasteiger charge is -2.15. The van der Waals surface area contributed by atoms with E-state index in [1.54, 1.807) is 48.5 Å². The van der Waals surface area contributed by atoms with Gasteiger partial charge in [-0.2, -0.15) is 10.2 Å². The van der Waals surface area contributed by atoms with Crippen LogP contribution in [0, 0.1) is 0 Å². The van der Waals surface area contributed by atoms with E-state index in [-0.39, 0.29) is 99.3 Å². The quantitative estimate of drug-likeness (QED) is 0.0734. The predicted octanol–water partition coefficient (Wildman–Crippen LogP) is 5.47. The molecular weight excluding hydrogens is 986 g/mol. The van der Waals surface area contributed by atoms with E-state index >= 15 is 0 Å². The summed E-state index contributed by atoms with van der Waals surface area (Å²) < 4.78 is 1.11. The molecule has 1 aliphatic carbocycles. The van der Waals surface area contributed by atoms with Gasteiger partial charge in [-0.25, -0.2) is 0 Å². The highest BCUT2D eigenvalue weighted by atomic mass is 79.9. The second kappa shape index (κ2) is 19.9. The van der Waals surface area contributed by atoms with Crippen molar-refractivity contribution in [1.82, 2.24) is 35.3 Å². The summed E-state index contributed by atoms with van der Waals surface area (Å²) in [6, 6.07) is 18.9. The number of nitrogens with zero attached hydrogens (tertiary/aromatic N) is 6. The number of halogens is 2. The summed E-state index contributed by atoms with van der Waals surface area (Å²) in [4.78, 5) is 83.1. The average molecular weight is 1020 g/mol. The van der Waals surface area contributed by atoms with Crippen molar-refractivity contribution in [2.45, 2.75) is 19.3 Å². The number of phenolic OH excluding ortho intramolecular Hbond substituents is 5. The number of hydrogen-bond donors (Lipinski definition) is 6. The fraction of sp³-hybridized carbons (Fsp3) is 0.130. The van der Waals surface area contributed by atoms with Gasteiger partial charge in [0.25, 0.3) is 23.6 Å². The van der Waals surface area contributed by atoms with E-state index in [2.05, 4.69) is 57.3 Å². The molecule has 2 aliphatic heterocycles. The zero-order valence-corrected chi connectivity index (χ0v) is 37.4. The maximum Gasteiger partial charge on any atom is 0.280 e. The lowest BCUT2D eigenvalue weighted by molar-refractivity contribution is 0.0638. The second-order valence-electron chi connectivity index (χ2n) is 14.6. The number of pyridine rings is 2. The summed E-state index contributed by atoms with van der Waals surface area (Å²) in [5, 5.41) is 57.2. The summed E-state index contributed by atoms with van der Waals surface area (Å²) in [5.74, 6) is -2.73. The Morgan fingerprint density at radius 2 is 1.02 bits per heavy atom. The van der Waals surface area contributed by atoms with Crippen LogP contribution in [0.5, 0.6) is 28.7 Å². The molecule has 0 saturated heterocycles. The van der Waals surface area contributed by atoms with Gasteiger partial charge in [0.1, 0.15) is 17.1 Å². The zero-order valence-electron chi connectivity index (χ0n) is 34.2. The van der Waals surface area contributed by atoms with Gasteiger partial charge in [-0.1, -0.05) is 12.1 Å². The molecule has 3 aromatic carbocycles. The fourth-order valence-corrected chi connectivity index (χ4v) is 8.20. The number of phenols is 5. The smallest absolute Gasteiger partial charge is 0.280 e. The Balaban J connectivity index is 0.000000147. The van der Waals surface area contributed by atoms with Gasteiger partial charge in [0.2, 0.25) is 5.78 Å². The number of fused-ring (bicyclic) bond motifs is 3. The number of benzene rings is 3. The van der Waals surface area contributed by atoms with E-state index in [4.69, 9.17) is 0 Å². The van der Waals surface area contributed by atoms with Crippen molar-refractivity contribution < 1.29 is 54.3 Å². The van der Waals surface area contributed by atoms with Crippen molar-refractivity contribution in [1.29, 1.82) is 0 Å². The van der Waals surface area contributed by atoms with E-state index in [9.17, 15) is 54.3 Å². The third-order valence-corrected chi connectivity index (χ3v) is 11.6. The Bertz CT molecular complexity index is 2910. The lowest BCUT2D eigenvalue weighted by Crippen LogP contribution is -2.31. The topological polar surface area (TPSA) is 274 Å². The molecule has 3 aliphatic rings. The number of carbonyl (C=O) groups excluding carboxylic acids is 6. The number of ketones is 2. The number of Topliss-reactive ketones (excluding diaryl/α,β-unsaturated/α-hetero) is 1. The van der Waals surface area contributed by atoms with Crippen molar-refractivity contribution in [2.24, 2.45) is 0 Å². The van der Waals surface area contributed by atoms with E-state index in [1.807, 2.05) is 0 Å². The summed E-state index contributed by atoms with van der Waals surface area (Å²) >= 11 is 6.52. The third-order valence-electron chi connectivity index (χ3n) is 10.4. The average Bonchev–Trinajstić information content (AvgIpc) is 3.71. The van der Waals surface area contributed by atoms with Crippen LogP contribution in [0.15, 0.2) is 118 Å². The van der Waals surface area contributed by atoms with Gasteiger partial charge in [0.15, 0.2) is 28.8 Å². The van der Waals surface area contributed by atoms with Crippen LogP contribution in [-0.4, -0.2) is 110 Å². The first kappa shape index (κ1) is 46.2. The molecule has 5 heterocycles. The number of aromatic hydroxyl groups is 5. The van der Waals surface area contributed by atoms with E-state index in [1.165, 1.54) is 60.0 Å². The second-order valence-corrected chi connectivity index (χ2v) is 16.3. The van der Waals surface area contributed by atoms with Gasteiger partial charge in [-0.15, -0.1) is 0 Å². The SMILES string of the molecule is O=C1C=C(NCCc2ccc(O)c(O)c2)C(=O)c2cnncc21.O=C1c2cccnc2C(=O)N1CCc1cc(Br)c(O)c(Br)c1.O=C1c2cccnc2C(=O)N1CCc1ccc(O)c(O)c1. The molecule has 0 spiro atoms. The molecule has 0 atom stereocenters. The van der Waals surface area contributed by atoms with Gasteiger partial charge in [-0.05, 0) is 128 Å². The van der Waals surface area contributed by atoms with Crippen LogP contribution < -0.4 is 5.32 Å². The molecule has 66 heavy (non-hydrogen) atoms. The summed E-state index contributed by atoms with van der Waals surface area (Å²) in [6.45, 7) is 0.846. The van der Waals surface area contributed by atoms with Gasteiger partial charge in [-0.3, -0.25) is 48.5 Å². The van der Waals surface area contributed by atoms with Gasteiger partial charge >= 0.3 is 0 Å². The van der Waals surface area contributed by atoms with Crippen molar-refractivity contribution in [3.63, 3.8) is 0 Å². The Morgan fingerprint density at radius 3 is 1.52 bits per heavy atom. The first-order valence-electron chi connectivity index (χ1n) is 19.8. The van der Waals surface area contributed by atoms with E-state index in [0.717, 1.165) is 21.6 Å². The van der Waals surface area contributed by atoms with E-state index < -0.39 is 5.91 Å². The molecule has 0 fully saturated rings. The lowest BCUT2D eigenvalue weighted by atomic mass is 9.95. The number of carbonyl (C=O) groups is 6. The fourth-order valence-electron chi connectivity index (χ4n) is 6.92. The molecule has 20 heteroatoms. The minimum Gasteiger partial charge on any atom is -0.506 e. The first-order chi connectivity index (χ1) is 31.6. The predicted molar refractivity (Wildman–Crippen MR) is 240 cm³/mol. The molecule has 0 radical (unpaired) electrons. The summed E-state index contributed by atoms with van der Waals surface area (Å²) in [6.07, 6.45) is 8.18. The van der Waals surface area contributed by atoms with Crippen LogP contribution in [0.3, 0.4) is 0 Å². The molecular formula is C46H35Br2N7O11. The highest BCUT2D eigenvalue weighted by molar-refractivity contribution is 9.11. The number of rotatable bonds is 10. The number of imide groups is 2. The Labute approximate surface area is 391 Å². The normalized spacial score (nSPS) is 13.6. The van der Waals surface area contributed by atoms with Gasteiger partial charge < -0.3 is 30.8 Å². The first-order valence-corrected chi connectivity index (χ1v) is 21.4. The van der Waals surface area contributed by atoms with Crippen molar-refractivity contribution >= 4 is 67.1 Å². The van der Waals surface area contributed by atoms with Crippen molar-refractivity contribution in [3.8, 4) is 28.7 Å². The maximum atomic E-state index is 12.3. The molecule has 0 unspecified atom stereocenters. The van der Waals surface area contributed by atoms with Gasteiger partial charge in [0, 0.05) is 38.1 Å². The number of amides is 4. The minimum atomic E-state index is -0.404. The van der Waals surface area contributed by atoms with Crippen LogP contribution in [0.2, 0.25) is 0 Å². The highest BCUT2D eigenvalue weighted by Crippen LogP contribution is 2.34. The number of hydrogen-bond acceptors (Lipinski definition) is 16. The largest absolute Gasteiger partial charge is 0.506 e. The molecule has 9 rings (SSSR count). The molecule has 0 saturated carbocycles. The Kier molecular flexibility index (Phi) is 13.9. The molecule has 4 amide bonds. The minimum absolute atomic E-state index is 0.119. The van der Waals surface area contributed by atoms with Crippen LogP contribution in [0.25, 0.3) is 0 Å². The maximum absolute atomic E-state index is 12.3. The monoisotopic (exact) mass is 1020 g/mol. The Hall–Kier alpha value is -7.84. The van der Waals surface area contributed by atoms with Crippen LogP contribution in [0.4, 0.5) is 0 Å². The molecule has 0 bridgehead atoms. The van der Waals surface area contributed by atoms with Crippen molar-refractivity contribution in [3.05, 3.63) is 169 Å². The molecule has 3 aromatic heterocycles. The van der Waals surface area contributed by atoms with E-state index in [0.29, 0.717) is 45.9 Å². The number of allylic oxidation sites excluding steroid dienone is 2. The van der Waals surface area contributed by atoms with Crippen LogP contribution in [-0.2, 0) is 19.3 Å². The molecule has 18 nitrogen and oxygen atoms in total. The standard InChI is InChI=1S/C16H13N3O4.C15H10Br2N2O3.C15H12N2O4/c20-13-2-1-9(5-15(13)22)3-4-17-12-6-14(21)10-7-18-19-8-11(10)16(12)23;16-10-6-8(7-11(17)13(10)20)3-5-19-14(21)9-2-1-4-18-12(9)15(19)22;18-11-4-3-9(8-12(11)19)5-7-17-14(20)10-2-1-6-16-13(10)15(17)21/h1-2,5-8,17,20,22H,3-4H2;1-2,4,6-7,20H,3,5H2;1-4,6,8,18-19H,5,7H2. The van der Waals surface area contributed by atoms with Crippen molar-refractivity contribution in [2.75, 3.05) is 19.6 Å². The summed E-state index contributed by atoms with van der Waals surface area (Å²) in [5.41, 5.74) is 4.13. The number of aromatic nitrogens is 4. The molecule has 334 valence electrons. The van der Waals surface area contributed by atoms with Gasteiger partial charge in [0.05, 0.1) is 49.3 Å². The molecule has 6 N–H and O–H groups in total. The number of nitrogens with one attached hydrogen (secondary N) is 1. The third kappa shape index (κ3) is 9.93. The highest BCUT2D eigenvalue weighted by Gasteiger charge is 2.37. The van der Waals surface area contributed by atoms with Crippen LogP contribution >= 0.6 is 31.9 Å². The Morgan fingerprint density at radius 1 is 0.530 bits per heavy atom. The van der Waals surface area contributed by atoms with Crippen LogP contribution in [0.1, 0.15) is 79.1 Å². The molecule has 6 aromatic rings. The summed E-state index contributed by atoms with van der Waals surface area (Å²) in [7, 11) is 0. The zero-order chi connectivity index (χ0) is 47.2.